The SMILES string of the molecule is COC(=O)C12CC3C4C5C(C1CC35C(=O)O)C42. The van der Waals surface area contributed by atoms with Gasteiger partial charge in [-0.25, -0.2) is 0 Å². The van der Waals surface area contributed by atoms with E-state index >= 15 is 0 Å². The van der Waals surface area contributed by atoms with Crippen LogP contribution >= 0.6 is 0 Å². The lowest BCUT2D eigenvalue weighted by atomic mass is 9.33. The topological polar surface area (TPSA) is 63.6 Å². The van der Waals surface area contributed by atoms with Crippen molar-refractivity contribution in [1.82, 2.24) is 0 Å². The third-order valence-electron chi connectivity index (χ3n) is 7.18. The van der Waals surface area contributed by atoms with Crippen LogP contribution in [-0.2, 0) is 14.3 Å². The number of esters is 1. The van der Waals surface area contributed by atoms with Crippen LogP contribution in [0.15, 0.2) is 0 Å². The predicted octanol–water partition coefficient (Wildman–Crippen LogP) is 0.762. The molecule has 4 nitrogen and oxygen atoms in total. The molecule has 8 atom stereocenters. The molecule has 4 heteroatoms. The van der Waals surface area contributed by atoms with Crippen molar-refractivity contribution in [3.8, 4) is 0 Å². The summed E-state index contributed by atoms with van der Waals surface area (Å²) in [6, 6.07) is 0. The van der Waals surface area contributed by atoms with E-state index in [1.54, 1.807) is 0 Å². The molecule has 0 aromatic carbocycles. The first-order valence-electron chi connectivity index (χ1n) is 6.42. The molecule has 5 saturated carbocycles. The van der Waals surface area contributed by atoms with E-state index in [0.717, 1.165) is 12.8 Å². The van der Waals surface area contributed by atoms with Crippen molar-refractivity contribution in [1.29, 1.82) is 0 Å². The van der Waals surface area contributed by atoms with Gasteiger partial charge < -0.3 is 9.84 Å². The lowest BCUT2D eigenvalue weighted by Crippen LogP contribution is -2.71. The summed E-state index contributed by atoms with van der Waals surface area (Å²) in [7, 11) is 1.46. The second-order valence-electron chi connectivity index (χ2n) is 6.70. The van der Waals surface area contributed by atoms with Gasteiger partial charge in [0.2, 0.25) is 0 Å². The van der Waals surface area contributed by atoms with Crippen LogP contribution in [0.25, 0.3) is 0 Å². The van der Waals surface area contributed by atoms with Gasteiger partial charge in [-0.1, -0.05) is 0 Å². The highest BCUT2D eigenvalue weighted by Gasteiger charge is 2.97. The molecule has 5 aliphatic carbocycles. The zero-order valence-corrected chi connectivity index (χ0v) is 9.55. The lowest BCUT2D eigenvalue weighted by molar-refractivity contribution is -0.253. The molecular weight excluding hydrogens is 220 g/mol. The van der Waals surface area contributed by atoms with Gasteiger partial charge in [0.05, 0.1) is 17.9 Å². The standard InChI is InChI=1S/C13H14O4/c1-17-11(16)13-3-4-6-8-7(9(6)13)5(13)2-12(4,8)10(14)15/h4-9H,2-3H2,1H3,(H,14,15). The maximum atomic E-state index is 12.1. The van der Waals surface area contributed by atoms with Gasteiger partial charge in [0.1, 0.15) is 0 Å². The first-order chi connectivity index (χ1) is 8.10. The molecule has 8 unspecified atom stereocenters. The number of carboxylic acid groups (broad SMARTS) is 1. The Labute approximate surface area is 98.3 Å². The zero-order chi connectivity index (χ0) is 11.7. The first kappa shape index (κ1) is 8.95. The number of fused-ring (bicyclic) bond motifs is 2. The highest BCUT2D eigenvalue weighted by molar-refractivity contribution is 5.87. The van der Waals surface area contributed by atoms with Gasteiger partial charge in [0.25, 0.3) is 0 Å². The maximum Gasteiger partial charge on any atom is 0.312 e. The van der Waals surface area contributed by atoms with Crippen molar-refractivity contribution >= 4 is 11.9 Å². The highest BCUT2D eigenvalue weighted by Crippen LogP contribution is 2.96. The number of carbonyl (C=O) groups excluding carboxylic acids is 1. The van der Waals surface area contributed by atoms with E-state index in [9.17, 15) is 14.7 Å². The average molecular weight is 234 g/mol. The summed E-state index contributed by atoms with van der Waals surface area (Å²) in [6.45, 7) is 0. The smallest absolute Gasteiger partial charge is 0.312 e. The van der Waals surface area contributed by atoms with Crippen LogP contribution in [0.1, 0.15) is 12.8 Å². The van der Waals surface area contributed by atoms with Gasteiger partial charge in [-0.05, 0) is 48.3 Å². The molecule has 0 aliphatic heterocycles. The monoisotopic (exact) mass is 234 g/mol. The van der Waals surface area contributed by atoms with Crippen molar-refractivity contribution < 1.29 is 19.4 Å². The van der Waals surface area contributed by atoms with Crippen molar-refractivity contribution in [3.63, 3.8) is 0 Å². The minimum Gasteiger partial charge on any atom is -0.481 e. The summed E-state index contributed by atoms with van der Waals surface area (Å²) in [5.74, 6) is 1.87. The van der Waals surface area contributed by atoms with Crippen LogP contribution < -0.4 is 0 Å². The molecular formula is C13H14O4. The Morgan fingerprint density at radius 1 is 1.12 bits per heavy atom. The third kappa shape index (κ3) is 0.497. The van der Waals surface area contributed by atoms with E-state index in [-0.39, 0.29) is 17.3 Å². The Bertz CT molecular complexity index is 494. The molecule has 5 rings (SSSR count). The number of carbonyl (C=O) groups is 2. The van der Waals surface area contributed by atoms with E-state index in [0.29, 0.717) is 29.6 Å². The van der Waals surface area contributed by atoms with Crippen LogP contribution in [-0.4, -0.2) is 24.2 Å². The summed E-state index contributed by atoms with van der Waals surface area (Å²) in [6.07, 6.45) is 1.53. The number of carboxylic acids is 1. The molecule has 17 heavy (non-hydrogen) atoms. The quantitative estimate of drug-likeness (QED) is 0.716. The van der Waals surface area contributed by atoms with Crippen LogP contribution in [0, 0.1) is 46.3 Å². The van der Waals surface area contributed by atoms with Crippen LogP contribution in [0.2, 0.25) is 0 Å². The number of ether oxygens (including phenoxy) is 1. The van der Waals surface area contributed by atoms with Crippen molar-refractivity contribution in [2.45, 2.75) is 12.8 Å². The van der Waals surface area contributed by atoms with Crippen LogP contribution in [0.3, 0.4) is 0 Å². The second-order valence-corrected chi connectivity index (χ2v) is 6.70. The molecule has 0 heterocycles. The fourth-order valence-corrected chi connectivity index (χ4v) is 7.02. The molecule has 5 fully saturated rings. The molecule has 5 aliphatic rings. The van der Waals surface area contributed by atoms with Gasteiger partial charge in [0, 0.05) is 0 Å². The van der Waals surface area contributed by atoms with Gasteiger partial charge in [-0.2, -0.15) is 0 Å². The Morgan fingerprint density at radius 2 is 1.65 bits per heavy atom. The summed E-state index contributed by atoms with van der Waals surface area (Å²) in [4.78, 5) is 23.6. The molecule has 0 aromatic heterocycles. The van der Waals surface area contributed by atoms with Gasteiger partial charge >= 0.3 is 11.9 Å². The molecule has 1 N–H and O–H groups in total. The number of hydrogen-bond donors (Lipinski definition) is 1. The Morgan fingerprint density at radius 3 is 2.24 bits per heavy atom. The minimum atomic E-state index is -0.602. The van der Waals surface area contributed by atoms with Gasteiger partial charge in [-0.3, -0.25) is 9.59 Å². The zero-order valence-electron chi connectivity index (χ0n) is 9.55. The van der Waals surface area contributed by atoms with E-state index in [1.165, 1.54) is 7.11 Å². The third-order valence-corrected chi connectivity index (χ3v) is 7.18. The lowest BCUT2D eigenvalue weighted by Gasteiger charge is -2.69. The summed E-state index contributed by atoms with van der Waals surface area (Å²) in [5.41, 5.74) is -0.703. The number of rotatable bonds is 2. The molecule has 0 spiro atoms. The number of methoxy groups -OCH3 is 1. The Kier molecular flexibility index (Phi) is 1.06. The second kappa shape index (κ2) is 2.02. The highest BCUT2D eigenvalue weighted by atomic mass is 16.5. The van der Waals surface area contributed by atoms with Crippen molar-refractivity contribution in [3.05, 3.63) is 0 Å². The van der Waals surface area contributed by atoms with Crippen molar-refractivity contribution in [2.75, 3.05) is 7.11 Å². The molecule has 90 valence electrons. The van der Waals surface area contributed by atoms with Gasteiger partial charge in [0.15, 0.2) is 0 Å². The normalized spacial score (nSPS) is 66.6. The van der Waals surface area contributed by atoms with E-state index < -0.39 is 11.4 Å². The molecule has 0 aromatic rings. The molecule has 0 bridgehead atoms. The van der Waals surface area contributed by atoms with E-state index in [2.05, 4.69) is 0 Å². The first-order valence-corrected chi connectivity index (χ1v) is 6.42. The predicted molar refractivity (Wildman–Crippen MR) is 54.7 cm³/mol. The number of aliphatic carboxylic acids is 1. The summed E-state index contributed by atoms with van der Waals surface area (Å²) in [5, 5.41) is 9.53. The Hall–Kier alpha value is -1.06. The number of hydrogen-bond acceptors (Lipinski definition) is 3. The Balaban J connectivity index is 1.66. The molecule has 0 radical (unpaired) electrons. The molecule has 0 saturated heterocycles. The average Bonchev–Trinajstić information content (AvgIpc) is 2.53. The fraction of sp³-hybridized carbons (Fsp3) is 0.846. The van der Waals surface area contributed by atoms with Gasteiger partial charge in [-0.15, -0.1) is 0 Å². The largest absolute Gasteiger partial charge is 0.481 e. The minimum absolute atomic E-state index is 0.0596. The maximum absolute atomic E-state index is 12.1. The summed E-state index contributed by atoms with van der Waals surface area (Å²) < 4.78 is 5.00. The van der Waals surface area contributed by atoms with Crippen LogP contribution in [0.4, 0.5) is 0 Å². The van der Waals surface area contributed by atoms with Crippen molar-refractivity contribution in [2.24, 2.45) is 46.3 Å². The van der Waals surface area contributed by atoms with E-state index in [1.807, 2.05) is 0 Å². The fourth-order valence-electron chi connectivity index (χ4n) is 7.02. The summed E-state index contributed by atoms with van der Waals surface area (Å²) >= 11 is 0. The molecule has 0 amide bonds. The van der Waals surface area contributed by atoms with E-state index in [4.69, 9.17) is 4.74 Å². The van der Waals surface area contributed by atoms with Crippen LogP contribution in [0.5, 0.6) is 0 Å².